The Hall–Kier alpha value is -0.650. The lowest BCUT2D eigenvalue weighted by molar-refractivity contribution is 0.0419. The van der Waals surface area contributed by atoms with E-state index in [1.165, 1.54) is 0 Å². The van der Waals surface area contributed by atoms with Crippen LogP contribution in [-0.4, -0.2) is 43.4 Å². The van der Waals surface area contributed by atoms with E-state index < -0.39 is 6.10 Å². The van der Waals surface area contributed by atoms with Crippen molar-refractivity contribution < 1.29 is 9.84 Å². The molecule has 1 aromatic rings. The first-order valence-electron chi connectivity index (χ1n) is 5.89. The molecule has 102 valence electrons. The van der Waals surface area contributed by atoms with Crippen molar-refractivity contribution in [2.75, 3.05) is 27.3 Å². The molecule has 0 amide bonds. The van der Waals surface area contributed by atoms with E-state index in [-0.39, 0.29) is 0 Å². The molecule has 0 radical (unpaired) electrons. The maximum absolute atomic E-state index is 9.63. The predicted octanol–water partition coefficient (Wildman–Crippen LogP) is 1.24. The van der Waals surface area contributed by atoms with Crippen LogP contribution >= 0.6 is 11.6 Å². The van der Waals surface area contributed by atoms with Crippen molar-refractivity contribution in [1.82, 2.24) is 4.90 Å². The largest absolute Gasteiger partial charge is 0.389 e. The molecule has 1 aromatic carbocycles. The highest BCUT2D eigenvalue weighted by atomic mass is 35.5. The van der Waals surface area contributed by atoms with Crippen LogP contribution in [0.25, 0.3) is 0 Å². The van der Waals surface area contributed by atoms with Gasteiger partial charge in [-0.3, -0.25) is 4.90 Å². The first kappa shape index (κ1) is 15.4. The van der Waals surface area contributed by atoms with Gasteiger partial charge in [-0.1, -0.05) is 23.7 Å². The molecule has 4 nitrogen and oxygen atoms in total. The molecule has 0 aromatic heterocycles. The lowest BCUT2D eigenvalue weighted by atomic mass is 10.1. The summed E-state index contributed by atoms with van der Waals surface area (Å²) in [5, 5.41) is 10.3. The molecule has 1 atom stereocenters. The molecule has 0 fully saturated rings. The average molecular weight is 273 g/mol. The average Bonchev–Trinajstić information content (AvgIpc) is 2.31. The van der Waals surface area contributed by atoms with Crippen molar-refractivity contribution in [3.8, 4) is 0 Å². The second-order valence-corrected chi connectivity index (χ2v) is 4.84. The lowest BCUT2D eigenvalue weighted by Gasteiger charge is -2.20. The molecule has 0 saturated heterocycles. The Morgan fingerprint density at radius 1 is 1.50 bits per heavy atom. The van der Waals surface area contributed by atoms with Gasteiger partial charge in [0.15, 0.2) is 0 Å². The number of ether oxygens (including phenoxy) is 1. The SMILES string of the molecule is COCC(O)CN(C)Cc1ccc(CN)cc1Cl. The zero-order valence-corrected chi connectivity index (χ0v) is 11.7. The van der Waals surface area contributed by atoms with Gasteiger partial charge in [0.1, 0.15) is 0 Å². The zero-order valence-electron chi connectivity index (χ0n) is 10.9. The topological polar surface area (TPSA) is 58.7 Å². The number of benzene rings is 1. The van der Waals surface area contributed by atoms with Gasteiger partial charge in [0.2, 0.25) is 0 Å². The van der Waals surface area contributed by atoms with E-state index in [1.54, 1.807) is 7.11 Å². The van der Waals surface area contributed by atoms with Gasteiger partial charge in [-0.05, 0) is 24.2 Å². The number of likely N-dealkylation sites (N-methyl/N-ethyl adjacent to an activating group) is 1. The van der Waals surface area contributed by atoms with Gasteiger partial charge in [0.05, 0.1) is 12.7 Å². The Balaban J connectivity index is 2.56. The minimum absolute atomic E-state index is 0.337. The normalized spacial score (nSPS) is 13.0. The van der Waals surface area contributed by atoms with Gasteiger partial charge >= 0.3 is 0 Å². The molecule has 1 rings (SSSR count). The fourth-order valence-electron chi connectivity index (χ4n) is 1.81. The molecule has 5 heteroatoms. The highest BCUT2D eigenvalue weighted by Gasteiger charge is 2.10. The van der Waals surface area contributed by atoms with E-state index in [4.69, 9.17) is 22.1 Å². The van der Waals surface area contributed by atoms with Gasteiger partial charge in [0, 0.05) is 31.8 Å². The molecular weight excluding hydrogens is 252 g/mol. The van der Waals surface area contributed by atoms with Crippen LogP contribution in [-0.2, 0) is 17.8 Å². The predicted molar refractivity (Wildman–Crippen MR) is 73.6 cm³/mol. The van der Waals surface area contributed by atoms with Crippen molar-refractivity contribution in [3.63, 3.8) is 0 Å². The summed E-state index contributed by atoms with van der Waals surface area (Å²) in [5.74, 6) is 0. The Morgan fingerprint density at radius 3 is 2.78 bits per heavy atom. The first-order valence-corrected chi connectivity index (χ1v) is 6.27. The van der Waals surface area contributed by atoms with Crippen LogP contribution in [0.1, 0.15) is 11.1 Å². The summed E-state index contributed by atoms with van der Waals surface area (Å²) < 4.78 is 4.89. The van der Waals surface area contributed by atoms with Crippen molar-refractivity contribution in [2.24, 2.45) is 5.73 Å². The van der Waals surface area contributed by atoms with Crippen molar-refractivity contribution in [1.29, 1.82) is 0 Å². The smallest absolute Gasteiger partial charge is 0.0900 e. The molecule has 0 aliphatic heterocycles. The molecule has 1 unspecified atom stereocenters. The Bertz CT molecular complexity index is 374. The maximum Gasteiger partial charge on any atom is 0.0900 e. The third-order valence-electron chi connectivity index (χ3n) is 2.67. The minimum Gasteiger partial charge on any atom is -0.389 e. The number of hydrogen-bond donors (Lipinski definition) is 2. The van der Waals surface area contributed by atoms with Gasteiger partial charge < -0.3 is 15.6 Å². The third kappa shape index (κ3) is 4.92. The van der Waals surface area contributed by atoms with E-state index in [9.17, 15) is 5.11 Å². The monoisotopic (exact) mass is 272 g/mol. The number of methoxy groups -OCH3 is 1. The lowest BCUT2D eigenvalue weighted by Crippen LogP contribution is -2.31. The Labute approximate surface area is 113 Å². The summed E-state index contributed by atoms with van der Waals surface area (Å²) in [6.07, 6.45) is -0.484. The van der Waals surface area contributed by atoms with Crippen LogP contribution in [0.15, 0.2) is 18.2 Å². The second-order valence-electron chi connectivity index (χ2n) is 4.44. The molecule has 18 heavy (non-hydrogen) atoms. The number of nitrogens with zero attached hydrogens (tertiary/aromatic N) is 1. The number of nitrogens with two attached hydrogens (primary N) is 1. The van der Waals surface area contributed by atoms with Crippen molar-refractivity contribution in [3.05, 3.63) is 34.3 Å². The zero-order chi connectivity index (χ0) is 13.5. The number of halogens is 1. The molecule has 3 N–H and O–H groups in total. The summed E-state index contributed by atoms with van der Waals surface area (Å²) in [6, 6.07) is 5.83. The van der Waals surface area contributed by atoms with E-state index in [0.717, 1.165) is 11.1 Å². The first-order chi connectivity index (χ1) is 8.56. The summed E-state index contributed by atoms with van der Waals surface area (Å²) in [5.41, 5.74) is 7.60. The maximum atomic E-state index is 9.63. The highest BCUT2D eigenvalue weighted by Crippen LogP contribution is 2.19. The van der Waals surface area contributed by atoms with Crippen LogP contribution in [0.2, 0.25) is 5.02 Å². The van der Waals surface area contributed by atoms with Crippen LogP contribution < -0.4 is 5.73 Å². The summed E-state index contributed by atoms with van der Waals surface area (Å²) in [4.78, 5) is 2.01. The summed E-state index contributed by atoms with van der Waals surface area (Å²) in [6.45, 7) is 2.06. The molecule has 0 bridgehead atoms. The number of rotatable bonds is 7. The number of aliphatic hydroxyl groups is 1. The van der Waals surface area contributed by atoms with E-state index in [0.29, 0.717) is 31.3 Å². The highest BCUT2D eigenvalue weighted by molar-refractivity contribution is 6.31. The van der Waals surface area contributed by atoms with E-state index in [1.807, 2.05) is 30.1 Å². The Morgan fingerprint density at radius 2 is 2.22 bits per heavy atom. The molecule has 0 aliphatic rings. The van der Waals surface area contributed by atoms with E-state index in [2.05, 4.69) is 0 Å². The summed E-state index contributed by atoms with van der Waals surface area (Å²) in [7, 11) is 3.51. The van der Waals surface area contributed by atoms with Crippen LogP contribution in [0, 0.1) is 0 Å². The third-order valence-corrected chi connectivity index (χ3v) is 3.03. The molecular formula is C13H21ClN2O2. The number of hydrogen-bond acceptors (Lipinski definition) is 4. The number of aliphatic hydroxyl groups excluding tert-OH is 1. The van der Waals surface area contributed by atoms with Gasteiger partial charge in [-0.25, -0.2) is 0 Å². The molecule has 0 aliphatic carbocycles. The van der Waals surface area contributed by atoms with Gasteiger partial charge in [-0.2, -0.15) is 0 Å². The van der Waals surface area contributed by atoms with Gasteiger partial charge in [0.25, 0.3) is 0 Å². The Kier molecular flexibility index (Phi) is 6.60. The fraction of sp³-hybridized carbons (Fsp3) is 0.538. The second kappa shape index (κ2) is 7.71. The minimum atomic E-state index is -0.484. The molecule has 0 spiro atoms. The van der Waals surface area contributed by atoms with Crippen LogP contribution in [0.4, 0.5) is 0 Å². The molecule has 0 heterocycles. The standard InChI is InChI=1S/C13H21ClN2O2/c1-16(8-12(17)9-18-2)7-11-4-3-10(6-15)5-13(11)14/h3-5,12,17H,6-9,15H2,1-2H3. The van der Waals surface area contributed by atoms with Crippen LogP contribution in [0.5, 0.6) is 0 Å². The van der Waals surface area contributed by atoms with E-state index >= 15 is 0 Å². The fourth-order valence-corrected chi connectivity index (χ4v) is 2.07. The summed E-state index contributed by atoms with van der Waals surface area (Å²) >= 11 is 6.18. The van der Waals surface area contributed by atoms with Gasteiger partial charge in [-0.15, -0.1) is 0 Å². The molecule has 0 saturated carbocycles. The van der Waals surface area contributed by atoms with Crippen molar-refractivity contribution in [2.45, 2.75) is 19.2 Å². The van der Waals surface area contributed by atoms with Crippen LogP contribution in [0.3, 0.4) is 0 Å². The quantitative estimate of drug-likeness (QED) is 0.784. The van der Waals surface area contributed by atoms with Crippen molar-refractivity contribution >= 4 is 11.6 Å².